The summed E-state index contributed by atoms with van der Waals surface area (Å²) >= 11 is 0. The largest absolute Gasteiger partial charge is 0.497 e. The summed E-state index contributed by atoms with van der Waals surface area (Å²) in [6.07, 6.45) is 0. The monoisotopic (exact) mass is 379 g/mol. The molecule has 0 unspecified atom stereocenters. The minimum absolute atomic E-state index is 0.195. The Balaban J connectivity index is 2.04. The molecule has 0 radical (unpaired) electrons. The lowest BCUT2D eigenvalue weighted by Gasteiger charge is -2.21. The van der Waals surface area contributed by atoms with Crippen LogP contribution >= 0.6 is 0 Å². The lowest BCUT2D eigenvalue weighted by atomic mass is 9.98. The van der Waals surface area contributed by atoms with Crippen LogP contribution in [-0.4, -0.2) is 17.0 Å². The van der Waals surface area contributed by atoms with Gasteiger partial charge in [0, 0.05) is 6.07 Å². The summed E-state index contributed by atoms with van der Waals surface area (Å²) < 4.78 is 5.19. The highest BCUT2D eigenvalue weighted by atomic mass is 16.6. The Labute approximate surface area is 160 Å². The molecule has 8 heteroatoms. The van der Waals surface area contributed by atoms with E-state index in [0.717, 1.165) is 17.2 Å². The number of nitrogens with one attached hydrogen (secondary N) is 1. The maximum absolute atomic E-state index is 11.5. The Morgan fingerprint density at radius 2 is 1.50 bits per heavy atom. The van der Waals surface area contributed by atoms with Gasteiger partial charge in [-0.05, 0) is 29.3 Å². The Kier molecular flexibility index (Phi) is 5.50. The zero-order valence-corrected chi connectivity index (χ0v) is 14.9. The topological polar surface area (TPSA) is 108 Å². The summed E-state index contributed by atoms with van der Waals surface area (Å²) in [5.74, 6) is 0.692. The van der Waals surface area contributed by atoms with Crippen LogP contribution in [-0.2, 0) is 0 Å². The zero-order valence-electron chi connectivity index (χ0n) is 14.9. The second-order valence-corrected chi connectivity index (χ2v) is 5.98. The lowest BCUT2D eigenvalue weighted by molar-refractivity contribution is -0.393. The standard InChI is InChI=1S/C20H17N3O5/c1-28-17-10-7-15(8-11-17)20(14-5-3-2-4-6-14)21-18-12-9-16(22(24)25)13-19(18)23(26)27/h2-13,20-21H,1H3/t20-/m0/s1. The molecule has 0 aliphatic rings. The van der Waals surface area contributed by atoms with Crippen molar-refractivity contribution >= 4 is 17.1 Å². The third kappa shape index (κ3) is 4.07. The van der Waals surface area contributed by atoms with Crippen molar-refractivity contribution in [1.82, 2.24) is 0 Å². The number of non-ortho nitro benzene ring substituents is 1. The van der Waals surface area contributed by atoms with Crippen molar-refractivity contribution in [3.05, 3.63) is 104 Å². The number of methoxy groups -OCH3 is 1. The number of nitrogens with zero attached hydrogens (tertiary/aromatic N) is 2. The fraction of sp³-hybridized carbons (Fsp3) is 0.100. The summed E-state index contributed by atoms with van der Waals surface area (Å²) in [5, 5.41) is 25.6. The first kappa shape index (κ1) is 18.8. The van der Waals surface area contributed by atoms with E-state index in [1.54, 1.807) is 19.2 Å². The number of hydrogen-bond acceptors (Lipinski definition) is 6. The van der Waals surface area contributed by atoms with Crippen LogP contribution in [0.25, 0.3) is 0 Å². The number of anilines is 1. The van der Waals surface area contributed by atoms with Gasteiger partial charge in [-0.1, -0.05) is 42.5 Å². The molecular weight excluding hydrogens is 362 g/mol. The van der Waals surface area contributed by atoms with Crippen molar-refractivity contribution in [2.24, 2.45) is 0 Å². The Morgan fingerprint density at radius 1 is 0.857 bits per heavy atom. The van der Waals surface area contributed by atoms with Crippen LogP contribution in [0.2, 0.25) is 0 Å². The molecule has 0 aliphatic carbocycles. The van der Waals surface area contributed by atoms with E-state index in [9.17, 15) is 20.2 Å². The first-order chi connectivity index (χ1) is 13.5. The van der Waals surface area contributed by atoms with Gasteiger partial charge in [0.25, 0.3) is 11.4 Å². The highest BCUT2D eigenvalue weighted by Gasteiger charge is 2.23. The van der Waals surface area contributed by atoms with E-state index >= 15 is 0 Å². The molecule has 0 bridgehead atoms. The number of hydrogen-bond donors (Lipinski definition) is 1. The molecule has 0 fully saturated rings. The van der Waals surface area contributed by atoms with E-state index in [2.05, 4.69) is 5.32 Å². The van der Waals surface area contributed by atoms with E-state index in [4.69, 9.17) is 4.74 Å². The molecule has 0 spiro atoms. The lowest BCUT2D eigenvalue weighted by Crippen LogP contribution is -2.13. The van der Waals surface area contributed by atoms with Gasteiger partial charge in [-0.15, -0.1) is 0 Å². The van der Waals surface area contributed by atoms with Gasteiger partial charge >= 0.3 is 0 Å². The molecular formula is C20H17N3O5. The fourth-order valence-corrected chi connectivity index (χ4v) is 2.86. The van der Waals surface area contributed by atoms with Crippen molar-refractivity contribution in [3.8, 4) is 5.75 Å². The van der Waals surface area contributed by atoms with Crippen LogP contribution in [0, 0.1) is 20.2 Å². The second kappa shape index (κ2) is 8.17. The van der Waals surface area contributed by atoms with E-state index in [-0.39, 0.29) is 17.1 Å². The SMILES string of the molecule is COc1ccc([C@@H](Nc2ccc([N+](=O)[O-])cc2[N+](=O)[O-])c2ccccc2)cc1. The summed E-state index contributed by atoms with van der Waals surface area (Å²) in [6.45, 7) is 0. The van der Waals surface area contributed by atoms with Crippen LogP contribution in [0.4, 0.5) is 17.1 Å². The second-order valence-electron chi connectivity index (χ2n) is 5.98. The Morgan fingerprint density at radius 3 is 2.07 bits per heavy atom. The zero-order chi connectivity index (χ0) is 20.1. The Bertz CT molecular complexity index is 990. The van der Waals surface area contributed by atoms with Crippen LogP contribution in [0.15, 0.2) is 72.8 Å². The molecule has 28 heavy (non-hydrogen) atoms. The molecule has 1 atom stereocenters. The minimum Gasteiger partial charge on any atom is -0.497 e. The minimum atomic E-state index is -0.658. The molecule has 0 aromatic heterocycles. The summed E-state index contributed by atoms with van der Waals surface area (Å²) in [6, 6.07) is 19.9. The quantitative estimate of drug-likeness (QED) is 0.470. The summed E-state index contributed by atoms with van der Waals surface area (Å²) in [7, 11) is 1.57. The molecule has 0 saturated carbocycles. The number of rotatable bonds is 7. The molecule has 0 heterocycles. The van der Waals surface area contributed by atoms with E-state index in [1.165, 1.54) is 12.1 Å². The van der Waals surface area contributed by atoms with Gasteiger partial charge < -0.3 is 10.1 Å². The molecule has 1 N–H and O–H groups in total. The molecule has 142 valence electrons. The highest BCUT2D eigenvalue weighted by molar-refractivity contribution is 5.67. The van der Waals surface area contributed by atoms with Crippen LogP contribution in [0.1, 0.15) is 17.2 Å². The molecule has 0 amide bonds. The van der Waals surface area contributed by atoms with Crippen molar-refractivity contribution in [1.29, 1.82) is 0 Å². The van der Waals surface area contributed by atoms with Crippen molar-refractivity contribution < 1.29 is 14.6 Å². The molecule has 3 aromatic carbocycles. The smallest absolute Gasteiger partial charge is 0.299 e. The maximum Gasteiger partial charge on any atom is 0.299 e. The van der Waals surface area contributed by atoms with Crippen LogP contribution in [0.3, 0.4) is 0 Å². The highest BCUT2D eigenvalue weighted by Crippen LogP contribution is 2.34. The summed E-state index contributed by atoms with van der Waals surface area (Å²) in [4.78, 5) is 21.1. The van der Waals surface area contributed by atoms with E-state index < -0.39 is 15.9 Å². The van der Waals surface area contributed by atoms with Crippen LogP contribution in [0.5, 0.6) is 5.75 Å². The van der Waals surface area contributed by atoms with Gasteiger partial charge in [0.05, 0.1) is 29.1 Å². The van der Waals surface area contributed by atoms with Crippen molar-refractivity contribution in [2.75, 3.05) is 12.4 Å². The van der Waals surface area contributed by atoms with Gasteiger partial charge in [0.15, 0.2) is 0 Å². The van der Waals surface area contributed by atoms with Gasteiger partial charge in [0.1, 0.15) is 11.4 Å². The molecule has 0 aliphatic heterocycles. The maximum atomic E-state index is 11.5. The first-order valence-corrected chi connectivity index (χ1v) is 8.38. The Hall–Kier alpha value is -3.94. The number of ether oxygens (including phenoxy) is 1. The van der Waals surface area contributed by atoms with Gasteiger partial charge in [0.2, 0.25) is 0 Å². The normalized spacial score (nSPS) is 11.5. The predicted molar refractivity (Wildman–Crippen MR) is 105 cm³/mol. The average Bonchev–Trinajstić information content (AvgIpc) is 2.72. The van der Waals surface area contributed by atoms with Gasteiger partial charge in [-0.2, -0.15) is 0 Å². The summed E-state index contributed by atoms with van der Waals surface area (Å²) in [5.41, 5.74) is 1.25. The molecule has 3 aromatic rings. The molecule has 8 nitrogen and oxygen atoms in total. The van der Waals surface area contributed by atoms with Crippen molar-refractivity contribution in [2.45, 2.75) is 6.04 Å². The number of nitro groups is 2. The van der Waals surface area contributed by atoms with E-state index in [0.29, 0.717) is 5.75 Å². The molecule has 0 saturated heterocycles. The average molecular weight is 379 g/mol. The number of benzene rings is 3. The van der Waals surface area contributed by atoms with Crippen molar-refractivity contribution in [3.63, 3.8) is 0 Å². The number of nitro benzene ring substituents is 2. The van der Waals surface area contributed by atoms with Gasteiger partial charge in [-0.3, -0.25) is 20.2 Å². The predicted octanol–water partition coefficient (Wildman–Crippen LogP) is 4.71. The van der Waals surface area contributed by atoms with E-state index in [1.807, 2.05) is 42.5 Å². The third-order valence-electron chi connectivity index (χ3n) is 4.27. The first-order valence-electron chi connectivity index (χ1n) is 8.38. The molecule has 3 rings (SSSR count). The third-order valence-corrected chi connectivity index (χ3v) is 4.27. The van der Waals surface area contributed by atoms with Gasteiger partial charge in [-0.25, -0.2) is 0 Å². The van der Waals surface area contributed by atoms with Crippen LogP contribution < -0.4 is 10.1 Å². The fourth-order valence-electron chi connectivity index (χ4n) is 2.86.